The second-order valence-corrected chi connectivity index (χ2v) is 3.56. The van der Waals surface area contributed by atoms with Crippen LogP contribution in [0.15, 0.2) is 0 Å². The Morgan fingerprint density at radius 1 is 1.64 bits per heavy atom. The van der Waals surface area contributed by atoms with Crippen molar-refractivity contribution in [1.29, 1.82) is 0 Å². The molecule has 1 rings (SSSR count). The van der Waals surface area contributed by atoms with Gasteiger partial charge in [-0.3, -0.25) is 4.90 Å². The zero-order chi connectivity index (χ0) is 10.4. The van der Waals surface area contributed by atoms with E-state index in [2.05, 4.69) is 9.64 Å². The zero-order valence-electron chi connectivity index (χ0n) is 8.77. The number of ether oxygens (including phenoxy) is 3. The Morgan fingerprint density at radius 3 is 3.00 bits per heavy atom. The van der Waals surface area contributed by atoms with Crippen LogP contribution in [-0.2, 0) is 19.3 Å². The summed E-state index contributed by atoms with van der Waals surface area (Å²) < 4.78 is 15.2. The Morgan fingerprint density at radius 2 is 2.43 bits per heavy atom. The van der Waals surface area contributed by atoms with Crippen LogP contribution in [0.4, 0.5) is 0 Å². The normalized spacial score (nSPS) is 25.5. The van der Waals surface area contributed by atoms with Crippen molar-refractivity contribution in [2.24, 2.45) is 0 Å². The van der Waals surface area contributed by atoms with E-state index in [1.54, 1.807) is 0 Å². The first-order valence-electron chi connectivity index (χ1n) is 4.83. The molecule has 0 aromatic carbocycles. The molecule has 1 radical (unpaired) electrons. The Labute approximate surface area is 84.5 Å². The second-order valence-electron chi connectivity index (χ2n) is 3.56. The highest BCUT2D eigenvalue weighted by Gasteiger charge is 2.20. The van der Waals surface area contributed by atoms with E-state index in [1.807, 2.05) is 13.8 Å². The molecule has 2 unspecified atom stereocenters. The summed E-state index contributed by atoms with van der Waals surface area (Å²) in [7, 11) is 0. The lowest BCUT2D eigenvalue weighted by atomic mass is 10.3. The predicted molar refractivity (Wildman–Crippen MR) is 49.0 cm³/mol. The van der Waals surface area contributed by atoms with Gasteiger partial charge in [0.05, 0.1) is 18.9 Å². The van der Waals surface area contributed by atoms with Gasteiger partial charge in [0, 0.05) is 13.1 Å². The van der Waals surface area contributed by atoms with Gasteiger partial charge in [0.15, 0.2) is 6.79 Å². The smallest absolute Gasteiger partial charge is 0.183 e. The summed E-state index contributed by atoms with van der Waals surface area (Å²) in [6, 6.07) is 0. The molecular formula is C9H18NO4. The van der Waals surface area contributed by atoms with Crippen molar-refractivity contribution >= 4 is 0 Å². The van der Waals surface area contributed by atoms with Gasteiger partial charge in [0.1, 0.15) is 6.79 Å². The largest absolute Gasteiger partial charge is 0.362 e. The van der Waals surface area contributed by atoms with Gasteiger partial charge < -0.3 is 14.2 Å². The molecule has 5 heteroatoms. The van der Waals surface area contributed by atoms with Crippen molar-refractivity contribution in [3.05, 3.63) is 0 Å². The molecule has 1 fully saturated rings. The molecule has 0 bridgehead atoms. The lowest BCUT2D eigenvalue weighted by Gasteiger charge is -2.19. The first-order valence-corrected chi connectivity index (χ1v) is 4.83. The van der Waals surface area contributed by atoms with E-state index >= 15 is 0 Å². The highest BCUT2D eigenvalue weighted by atomic mass is 16.7. The van der Waals surface area contributed by atoms with Gasteiger partial charge in [-0.25, -0.2) is 5.11 Å². The summed E-state index contributed by atoms with van der Waals surface area (Å²) >= 11 is 0. The van der Waals surface area contributed by atoms with Gasteiger partial charge in [0.2, 0.25) is 0 Å². The van der Waals surface area contributed by atoms with Crippen molar-refractivity contribution in [3.8, 4) is 0 Å². The van der Waals surface area contributed by atoms with Crippen LogP contribution in [0.2, 0.25) is 0 Å². The zero-order valence-corrected chi connectivity index (χ0v) is 8.77. The van der Waals surface area contributed by atoms with Crippen LogP contribution in [0.25, 0.3) is 0 Å². The maximum Gasteiger partial charge on any atom is 0.183 e. The molecule has 0 N–H and O–H groups in total. The molecule has 0 spiro atoms. The van der Waals surface area contributed by atoms with Gasteiger partial charge in [-0.15, -0.1) is 0 Å². The van der Waals surface area contributed by atoms with Crippen LogP contribution in [0.5, 0.6) is 0 Å². The summed E-state index contributed by atoms with van der Waals surface area (Å²) in [6.07, 6.45) is 0.371. The van der Waals surface area contributed by atoms with E-state index in [-0.39, 0.29) is 12.9 Å². The van der Waals surface area contributed by atoms with Crippen LogP contribution in [0, 0.1) is 0 Å². The molecule has 1 saturated heterocycles. The van der Waals surface area contributed by atoms with Crippen LogP contribution in [0.3, 0.4) is 0 Å². The van der Waals surface area contributed by atoms with Gasteiger partial charge in [-0.2, -0.15) is 0 Å². The SMILES string of the molecule is CC(CN1COC(C)C1)OCOC[O]. The Kier molecular flexibility index (Phi) is 5.36. The van der Waals surface area contributed by atoms with E-state index in [9.17, 15) is 5.11 Å². The average molecular weight is 204 g/mol. The molecule has 2 atom stereocenters. The first-order chi connectivity index (χ1) is 6.72. The maximum absolute atomic E-state index is 9.97. The number of hydrogen-bond acceptors (Lipinski definition) is 4. The molecule has 1 heterocycles. The quantitative estimate of drug-likeness (QED) is 0.465. The highest BCUT2D eigenvalue weighted by Crippen LogP contribution is 2.08. The van der Waals surface area contributed by atoms with Crippen LogP contribution in [0.1, 0.15) is 13.8 Å². The summed E-state index contributed by atoms with van der Waals surface area (Å²) in [5.74, 6) is 0. The van der Waals surface area contributed by atoms with Crippen molar-refractivity contribution in [1.82, 2.24) is 4.90 Å². The van der Waals surface area contributed by atoms with E-state index in [1.165, 1.54) is 0 Å². The molecule has 14 heavy (non-hydrogen) atoms. The third-order valence-corrected chi connectivity index (χ3v) is 2.09. The number of hydrogen-bond donors (Lipinski definition) is 0. The molecule has 1 aliphatic heterocycles. The predicted octanol–water partition coefficient (Wildman–Crippen LogP) is 0.432. The Hall–Kier alpha value is -0.200. The molecule has 0 aromatic rings. The van der Waals surface area contributed by atoms with Crippen molar-refractivity contribution in [2.45, 2.75) is 26.1 Å². The topological polar surface area (TPSA) is 50.8 Å². The second kappa shape index (κ2) is 6.31. The van der Waals surface area contributed by atoms with Crippen molar-refractivity contribution < 1.29 is 19.3 Å². The van der Waals surface area contributed by atoms with E-state index < -0.39 is 6.79 Å². The minimum Gasteiger partial charge on any atom is -0.362 e. The fraction of sp³-hybridized carbons (Fsp3) is 1.00. The van der Waals surface area contributed by atoms with Crippen molar-refractivity contribution in [2.75, 3.05) is 33.4 Å². The molecule has 5 nitrogen and oxygen atoms in total. The number of nitrogens with zero attached hydrogens (tertiary/aromatic N) is 1. The van der Waals surface area contributed by atoms with E-state index in [4.69, 9.17) is 9.47 Å². The fourth-order valence-electron chi connectivity index (χ4n) is 1.44. The summed E-state index contributed by atoms with van der Waals surface area (Å²) in [5, 5.41) is 9.97. The maximum atomic E-state index is 9.97. The third-order valence-electron chi connectivity index (χ3n) is 2.09. The monoisotopic (exact) mass is 204 g/mol. The van der Waals surface area contributed by atoms with Gasteiger partial charge in [0.25, 0.3) is 0 Å². The van der Waals surface area contributed by atoms with Crippen LogP contribution in [-0.4, -0.2) is 50.5 Å². The molecule has 0 amide bonds. The highest BCUT2D eigenvalue weighted by molar-refractivity contribution is 4.68. The Bertz CT molecular complexity index is 156. The lowest BCUT2D eigenvalue weighted by Crippen LogP contribution is -2.31. The average Bonchev–Trinajstić information content (AvgIpc) is 2.52. The van der Waals surface area contributed by atoms with Crippen molar-refractivity contribution in [3.63, 3.8) is 0 Å². The molecule has 0 saturated carbocycles. The van der Waals surface area contributed by atoms with Crippen LogP contribution >= 0.6 is 0 Å². The van der Waals surface area contributed by atoms with Gasteiger partial charge in [-0.05, 0) is 13.8 Å². The minimum absolute atomic E-state index is 0.0652. The first kappa shape index (κ1) is 11.9. The van der Waals surface area contributed by atoms with Crippen LogP contribution < -0.4 is 0 Å². The standard InChI is InChI=1S/C9H18NO4/c1-8-3-10(5-13-8)4-9(2)14-7-12-6-11/h8-9H,3-7H2,1-2H3. The fourth-order valence-corrected chi connectivity index (χ4v) is 1.44. The van der Waals surface area contributed by atoms with Gasteiger partial charge in [-0.1, -0.05) is 0 Å². The van der Waals surface area contributed by atoms with E-state index in [0.29, 0.717) is 12.8 Å². The summed E-state index contributed by atoms with van der Waals surface area (Å²) in [6.45, 7) is 5.95. The molecule has 1 aliphatic rings. The molecule has 83 valence electrons. The summed E-state index contributed by atoms with van der Waals surface area (Å²) in [4.78, 5) is 2.17. The Balaban J connectivity index is 2.05. The van der Waals surface area contributed by atoms with Gasteiger partial charge >= 0.3 is 0 Å². The molecular weight excluding hydrogens is 186 g/mol. The lowest BCUT2D eigenvalue weighted by molar-refractivity contribution is -0.148. The molecule has 0 aromatic heterocycles. The third kappa shape index (κ3) is 4.34. The molecule has 0 aliphatic carbocycles. The minimum atomic E-state index is -0.545. The summed E-state index contributed by atoms with van der Waals surface area (Å²) in [5.41, 5.74) is 0. The number of rotatable bonds is 6. The van der Waals surface area contributed by atoms with E-state index in [0.717, 1.165) is 13.1 Å².